The van der Waals surface area contributed by atoms with Crippen LogP contribution in [-0.4, -0.2) is 24.9 Å². The van der Waals surface area contributed by atoms with Gasteiger partial charge in [0.1, 0.15) is 11.5 Å². The number of para-hydroxylation sites is 1. The largest absolute Gasteiger partial charge is 0.494 e. The van der Waals surface area contributed by atoms with Gasteiger partial charge in [0.15, 0.2) is 5.78 Å². The third-order valence-corrected chi connectivity index (χ3v) is 6.12. The molecule has 2 aliphatic rings. The number of amides is 1. The SMILES string of the molecule is CCCOc1ccc(C2CC(=O)C3=C(C2)NC(=O)CC3c2ccccc2OCCC)cc1. The van der Waals surface area contributed by atoms with Gasteiger partial charge >= 0.3 is 0 Å². The van der Waals surface area contributed by atoms with Crippen LogP contribution in [0, 0.1) is 0 Å². The summed E-state index contributed by atoms with van der Waals surface area (Å²) in [6.07, 6.45) is 3.22. The Morgan fingerprint density at radius 1 is 0.875 bits per heavy atom. The van der Waals surface area contributed by atoms with Crippen LogP contribution in [0.1, 0.15) is 68.9 Å². The maximum absolute atomic E-state index is 13.4. The first-order chi connectivity index (χ1) is 15.6. The molecule has 2 atom stereocenters. The molecule has 0 fully saturated rings. The highest BCUT2D eigenvalue weighted by Gasteiger charge is 2.39. The molecular weight excluding hydrogens is 402 g/mol. The van der Waals surface area contributed by atoms with Gasteiger partial charge in [-0.15, -0.1) is 0 Å². The maximum atomic E-state index is 13.4. The fourth-order valence-corrected chi connectivity index (χ4v) is 4.63. The van der Waals surface area contributed by atoms with E-state index in [1.807, 2.05) is 48.5 Å². The number of ether oxygens (including phenoxy) is 2. The Morgan fingerprint density at radius 2 is 1.59 bits per heavy atom. The molecule has 5 nitrogen and oxygen atoms in total. The zero-order chi connectivity index (χ0) is 22.5. The number of carbonyl (C=O) groups is 2. The summed E-state index contributed by atoms with van der Waals surface area (Å²) in [6, 6.07) is 15.8. The van der Waals surface area contributed by atoms with Crippen LogP contribution < -0.4 is 14.8 Å². The van der Waals surface area contributed by atoms with E-state index in [2.05, 4.69) is 19.2 Å². The van der Waals surface area contributed by atoms with Gasteiger partial charge in [-0.3, -0.25) is 9.59 Å². The maximum Gasteiger partial charge on any atom is 0.225 e. The first-order valence-electron chi connectivity index (χ1n) is 11.6. The number of benzene rings is 2. The zero-order valence-corrected chi connectivity index (χ0v) is 18.9. The third kappa shape index (κ3) is 4.72. The Kier molecular flexibility index (Phi) is 6.93. The molecule has 0 saturated carbocycles. The number of allylic oxidation sites excluding steroid dienone is 2. The van der Waals surface area contributed by atoms with Crippen LogP contribution in [0.15, 0.2) is 59.8 Å². The van der Waals surface area contributed by atoms with Crippen molar-refractivity contribution in [3.8, 4) is 11.5 Å². The van der Waals surface area contributed by atoms with E-state index in [1.54, 1.807) is 0 Å². The summed E-state index contributed by atoms with van der Waals surface area (Å²) in [5.74, 6) is 1.46. The second-order valence-corrected chi connectivity index (χ2v) is 8.53. The van der Waals surface area contributed by atoms with Gasteiger partial charge in [0.2, 0.25) is 5.91 Å². The summed E-state index contributed by atoms with van der Waals surface area (Å²) < 4.78 is 11.6. The molecule has 0 spiro atoms. The fourth-order valence-electron chi connectivity index (χ4n) is 4.63. The molecular formula is C27H31NO4. The van der Waals surface area contributed by atoms with E-state index >= 15 is 0 Å². The van der Waals surface area contributed by atoms with Crippen LogP contribution in [0.5, 0.6) is 11.5 Å². The Labute approximate surface area is 189 Å². The highest BCUT2D eigenvalue weighted by atomic mass is 16.5. The molecule has 5 heteroatoms. The average Bonchev–Trinajstić information content (AvgIpc) is 2.81. The molecule has 0 bridgehead atoms. The highest BCUT2D eigenvalue weighted by molar-refractivity contribution is 6.02. The predicted octanol–water partition coefficient (Wildman–Crippen LogP) is 5.27. The smallest absolute Gasteiger partial charge is 0.225 e. The van der Waals surface area contributed by atoms with Crippen molar-refractivity contribution in [2.45, 2.75) is 57.8 Å². The quantitative estimate of drug-likeness (QED) is 0.616. The molecule has 1 aliphatic heterocycles. The Bertz CT molecular complexity index is 1010. The molecule has 1 N–H and O–H groups in total. The molecule has 168 valence electrons. The van der Waals surface area contributed by atoms with Crippen molar-refractivity contribution in [3.05, 3.63) is 70.9 Å². The average molecular weight is 434 g/mol. The molecule has 1 aliphatic carbocycles. The monoisotopic (exact) mass is 433 g/mol. The van der Waals surface area contributed by atoms with Crippen molar-refractivity contribution in [3.63, 3.8) is 0 Å². The van der Waals surface area contributed by atoms with Crippen LogP contribution in [0.2, 0.25) is 0 Å². The number of ketones is 1. The second kappa shape index (κ2) is 10.0. The first kappa shape index (κ1) is 22.1. The fraction of sp³-hybridized carbons (Fsp3) is 0.407. The summed E-state index contributed by atoms with van der Waals surface area (Å²) in [5.41, 5.74) is 3.53. The van der Waals surface area contributed by atoms with Crippen molar-refractivity contribution in [2.24, 2.45) is 0 Å². The van der Waals surface area contributed by atoms with Crippen LogP contribution in [0.25, 0.3) is 0 Å². The minimum atomic E-state index is -0.259. The van der Waals surface area contributed by atoms with Gasteiger partial charge in [0, 0.05) is 35.6 Å². The van der Waals surface area contributed by atoms with Gasteiger partial charge in [-0.1, -0.05) is 44.2 Å². The van der Waals surface area contributed by atoms with Crippen LogP contribution in [-0.2, 0) is 9.59 Å². The van der Waals surface area contributed by atoms with Crippen molar-refractivity contribution in [1.82, 2.24) is 5.32 Å². The van der Waals surface area contributed by atoms with Crippen molar-refractivity contribution < 1.29 is 19.1 Å². The first-order valence-corrected chi connectivity index (χ1v) is 11.6. The molecule has 2 unspecified atom stereocenters. The third-order valence-electron chi connectivity index (χ3n) is 6.12. The number of nitrogens with one attached hydrogen (secondary N) is 1. The highest BCUT2D eigenvalue weighted by Crippen LogP contribution is 2.44. The molecule has 2 aromatic carbocycles. The molecule has 0 saturated heterocycles. The lowest BCUT2D eigenvalue weighted by Gasteiger charge is -2.35. The number of carbonyl (C=O) groups excluding carboxylic acids is 2. The van der Waals surface area contributed by atoms with E-state index in [1.165, 1.54) is 0 Å². The van der Waals surface area contributed by atoms with Gasteiger partial charge in [-0.25, -0.2) is 0 Å². The minimum Gasteiger partial charge on any atom is -0.494 e. The Hall–Kier alpha value is -3.08. The van der Waals surface area contributed by atoms with E-state index < -0.39 is 0 Å². The van der Waals surface area contributed by atoms with Gasteiger partial charge in [-0.05, 0) is 48.9 Å². The molecule has 32 heavy (non-hydrogen) atoms. The van der Waals surface area contributed by atoms with Gasteiger partial charge in [-0.2, -0.15) is 0 Å². The predicted molar refractivity (Wildman–Crippen MR) is 124 cm³/mol. The van der Waals surface area contributed by atoms with E-state index in [9.17, 15) is 9.59 Å². The Morgan fingerprint density at radius 3 is 2.34 bits per heavy atom. The molecule has 0 radical (unpaired) electrons. The second-order valence-electron chi connectivity index (χ2n) is 8.53. The van der Waals surface area contributed by atoms with Crippen molar-refractivity contribution in [2.75, 3.05) is 13.2 Å². The molecule has 4 rings (SSSR count). The lowest BCUT2D eigenvalue weighted by molar-refractivity contribution is -0.122. The molecule has 0 aromatic heterocycles. The van der Waals surface area contributed by atoms with Crippen LogP contribution in [0.3, 0.4) is 0 Å². The van der Waals surface area contributed by atoms with Gasteiger partial charge in [0.05, 0.1) is 13.2 Å². The topological polar surface area (TPSA) is 64.6 Å². The lowest BCUT2D eigenvalue weighted by atomic mass is 9.73. The van der Waals surface area contributed by atoms with Crippen LogP contribution >= 0.6 is 0 Å². The molecule has 1 amide bonds. The lowest BCUT2D eigenvalue weighted by Crippen LogP contribution is -2.38. The van der Waals surface area contributed by atoms with Crippen molar-refractivity contribution >= 4 is 11.7 Å². The summed E-state index contributed by atoms with van der Waals surface area (Å²) in [4.78, 5) is 26.0. The van der Waals surface area contributed by atoms with Gasteiger partial charge in [0.25, 0.3) is 0 Å². The normalized spacial score (nSPS) is 20.6. The van der Waals surface area contributed by atoms with E-state index in [4.69, 9.17) is 9.47 Å². The molecule has 1 heterocycles. The van der Waals surface area contributed by atoms with E-state index in [-0.39, 0.29) is 29.9 Å². The summed E-state index contributed by atoms with van der Waals surface area (Å²) in [7, 11) is 0. The van der Waals surface area contributed by atoms with Gasteiger partial charge < -0.3 is 14.8 Å². The number of hydrogen-bond donors (Lipinski definition) is 1. The zero-order valence-electron chi connectivity index (χ0n) is 18.9. The van der Waals surface area contributed by atoms with Crippen LogP contribution in [0.4, 0.5) is 0 Å². The summed E-state index contributed by atoms with van der Waals surface area (Å²) in [6.45, 7) is 5.43. The van der Waals surface area contributed by atoms with E-state index in [0.29, 0.717) is 26.1 Å². The minimum absolute atomic E-state index is 0.0455. The molecule has 2 aromatic rings. The Balaban J connectivity index is 1.61. The summed E-state index contributed by atoms with van der Waals surface area (Å²) in [5, 5.41) is 3.00. The number of rotatable bonds is 8. The number of Topliss-reactive ketones (excluding diaryl/α,β-unsaturated/α-hetero) is 1. The number of hydrogen-bond acceptors (Lipinski definition) is 4. The van der Waals surface area contributed by atoms with E-state index in [0.717, 1.165) is 46.7 Å². The van der Waals surface area contributed by atoms with Crippen molar-refractivity contribution in [1.29, 1.82) is 0 Å². The standard InChI is InChI=1S/C27H31NO4/c1-3-13-31-20-11-9-18(10-12-20)19-15-23-27(24(29)16-19)22(17-26(30)28-23)21-7-5-6-8-25(21)32-14-4-2/h5-12,19,22H,3-4,13-17H2,1-2H3,(H,28,30). The summed E-state index contributed by atoms with van der Waals surface area (Å²) >= 11 is 0.